The Bertz CT molecular complexity index is 1390. The molecule has 0 spiro atoms. The van der Waals surface area contributed by atoms with Gasteiger partial charge in [0.15, 0.2) is 11.5 Å². The van der Waals surface area contributed by atoms with Crippen LogP contribution in [0.15, 0.2) is 85.1 Å². The predicted octanol–water partition coefficient (Wildman–Crippen LogP) is 6.50. The molecule has 0 aliphatic carbocycles. The van der Waals surface area contributed by atoms with E-state index < -0.39 is 11.9 Å². The lowest BCUT2D eigenvalue weighted by Gasteiger charge is -2.17. The first-order chi connectivity index (χ1) is 17.4. The van der Waals surface area contributed by atoms with Crippen LogP contribution in [0.4, 0.5) is 5.82 Å². The molecule has 1 heterocycles. The van der Waals surface area contributed by atoms with Crippen molar-refractivity contribution in [2.45, 2.75) is 13.2 Å². The van der Waals surface area contributed by atoms with Crippen LogP contribution in [0.1, 0.15) is 31.8 Å². The summed E-state index contributed by atoms with van der Waals surface area (Å²) in [6, 6.07) is 22.2. The zero-order valence-corrected chi connectivity index (χ0v) is 20.3. The number of ether oxygens (including phenoxy) is 2. The van der Waals surface area contributed by atoms with Gasteiger partial charge in [-0.2, -0.15) is 0 Å². The maximum Gasteiger partial charge on any atom is 0.337 e. The van der Waals surface area contributed by atoms with Crippen LogP contribution in [0.2, 0.25) is 10.0 Å². The number of carboxylic acid groups (broad SMARTS) is 1. The zero-order chi connectivity index (χ0) is 25.5. The maximum atomic E-state index is 13.2. The van der Waals surface area contributed by atoms with Crippen LogP contribution in [0, 0.1) is 0 Å². The first kappa shape index (κ1) is 25.0. The number of carbonyl (C=O) groups excluding carboxylic acids is 1. The van der Waals surface area contributed by atoms with E-state index in [0.29, 0.717) is 15.8 Å². The van der Waals surface area contributed by atoms with Gasteiger partial charge in [-0.3, -0.25) is 4.79 Å². The van der Waals surface area contributed by atoms with Gasteiger partial charge < -0.3 is 19.9 Å². The minimum absolute atomic E-state index is 0.00623. The van der Waals surface area contributed by atoms with Crippen LogP contribution in [-0.2, 0) is 13.2 Å². The largest absolute Gasteiger partial charge is 0.485 e. The highest BCUT2D eigenvalue weighted by atomic mass is 35.5. The van der Waals surface area contributed by atoms with Gasteiger partial charge in [0.25, 0.3) is 5.91 Å². The molecular weight excluding hydrogens is 503 g/mol. The topological polar surface area (TPSA) is 97.8 Å². The standard InChI is InChI=1S/C27H20Cl2N2O5/c28-21-9-3-1-6-18(21)15-35-23-11-5-8-20(25(23)36-16-19-7-2-4-10-22(19)29)26(32)31-24-13-12-17(14-30-24)27(33)34/h1-14H,15-16H2,(H,33,34)(H,30,31,32). The Labute approximate surface area is 217 Å². The number of carbonyl (C=O) groups is 2. The number of aromatic nitrogens is 1. The van der Waals surface area contributed by atoms with E-state index in [1.807, 2.05) is 36.4 Å². The van der Waals surface area contributed by atoms with Crippen LogP contribution in [0.3, 0.4) is 0 Å². The first-order valence-electron chi connectivity index (χ1n) is 10.8. The van der Waals surface area contributed by atoms with Crippen molar-refractivity contribution in [2.24, 2.45) is 0 Å². The Hall–Kier alpha value is -4.07. The third-order valence-electron chi connectivity index (χ3n) is 5.15. The summed E-state index contributed by atoms with van der Waals surface area (Å²) in [7, 11) is 0. The molecule has 0 bridgehead atoms. The average Bonchev–Trinajstić information content (AvgIpc) is 2.88. The second-order valence-corrected chi connectivity index (χ2v) is 8.40. The molecule has 7 nitrogen and oxygen atoms in total. The van der Waals surface area contributed by atoms with Crippen LogP contribution < -0.4 is 14.8 Å². The highest BCUT2D eigenvalue weighted by Crippen LogP contribution is 2.34. The van der Waals surface area contributed by atoms with Crippen molar-refractivity contribution in [3.05, 3.63) is 117 Å². The summed E-state index contributed by atoms with van der Waals surface area (Å²) < 4.78 is 12.1. The maximum absolute atomic E-state index is 13.2. The van der Waals surface area contributed by atoms with Gasteiger partial charge in [0.05, 0.1) is 11.1 Å². The molecule has 0 unspecified atom stereocenters. The van der Waals surface area contributed by atoms with E-state index in [0.717, 1.165) is 17.3 Å². The van der Waals surface area contributed by atoms with Crippen molar-refractivity contribution in [3.8, 4) is 11.5 Å². The van der Waals surface area contributed by atoms with Crippen molar-refractivity contribution >= 4 is 40.9 Å². The molecule has 4 rings (SSSR count). The molecule has 182 valence electrons. The molecule has 0 aliphatic rings. The van der Waals surface area contributed by atoms with Crippen LogP contribution in [-0.4, -0.2) is 22.0 Å². The predicted molar refractivity (Wildman–Crippen MR) is 137 cm³/mol. The smallest absolute Gasteiger partial charge is 0.337 e. The van der Waals surface area contributed by atoms with Crippen molar-refractivity contribution in [3.63, 3.8) is 0 Å². The number of pyridine rings is 1. The second-order valence-electron chi connectivity index (χ2n) is 7.58. The SMILES string of the molecule is O=C(O)c1ccc(NC(=O)c2cccc(OCc3ccccc3Cl)c2OCc2ccccc2Cl)nc1. The van der Waals surface area contributed by atoms with Gasteiger partial charge in [0.1, 0.15) is 19.0 Å². The Morgan fingerprint density at radius 3 is 2.03 bits per heavy atom. The van der Waals surface area contributed by atoms with Gasteiger partial charge in [-0.05, 0) is 36.4 Å². The molecule has 0 saturated heterocycles. The van der Waals surface area contributed by atoms with E-state index in [1.165, 1.54) is 12.1 Å². The summed E-state index contributed by atoms with van der Waals surface area (Å²) in [5.74, 6) is -0.890. The van der Waals surface area contributed by atoms with Gasteiger partial charge in [-0.25, -0.2) is 9.78 Å². The van der Waals surface area contributed by atoms with Crippen LogP contribution in [0.25, 0.3) is 0 Å². The fraction of sp³-hybridized carbons (Fsp3) is 0.0741. The Balaban J connectivity index is 1.62. The first-order valence-corrected chi connectivity index (χ1v) is 11.5. The van der Waals surface area contributed by atoms with Gasteiger partial charge in [-0.1, -0.05) is 65.7 Å². The monoisotopic (exact) mass is 522 g/mol. The quantitative estimate of drug-likeness (QED) is 0.260. The minimum atomic E-state index is -1.11. The summed E-state index contributed by atoms with van der Waals surface area (Å²) in [5, 5.41) is 12.8. The zero-order valence-electron chi connectivity index (χ0n) is 18.8. The normalized spacial score (nSPS) is 10.5. The second kappa shape index (κ2) is 11.6. The van der Waals surface area contributed by atoms with Crippen molar-refractivity contribution in [1.29, 1.82) is 0 Å². The lowest BCUT2D eigenvalue weighted by Crippen LogP contribution is -2.15. The number of anilines is 1. The van der Waals surface area contributed by atoms with Crippen molar-refractivity contribution in [1.82, 2.24) is 4.98 Å². The molecule has 4 aromatic rings. The fourth-order valence-electron chi connectivity index (χ4n) is 3.27. The van der Waals surface area contributed by atoms with Gasteiger partial charge in [0, 0.05) is 27.4 Å². The third kappa shape index (κ3) is 6.13. The third-order valence-corrected chi connectivity index (χ3v) is 5.88. The number of nitrogens with zero attached hydrogens (tertiary/aromatic N) is 1. The summed E-state index contributed by atoms with van der Waals surface area (Å²) in [4.78, 5) is 28.2. The lowest BCUT2D eigenvalue weighted by molar-refractivity contribution is 0.0696. The number of hydrogen-bond donors (Lipinski definition) is 2. The molecule has 0 radical (unpaired) electrons. The number of para-hydroxylation sites is 1. The van der Waals surface area contributed by atoms with Crippen molar-refractivity contribution in [2.75, 3.05) is 5.32 Å². The average molecular weight is 523 g/mol. The van der Waals surface area contributed by atoms with E-state index in [2.05, 4.69) is 10.3 Å². The van der Waals surface area contributed by atoms with E-state index in [1.54, 1.807) is 30.3 Å². The molecule has 1 amide bonds. The lowest BCUT2D eigenvalue weighted by atomic mass is 10.1. The van der Waals surface area contributed by atoms with E-state index in [-0.39, 0.29) is 35.9 Å². The number of carboxylic acids is 1. The van der Waals surface area contributed by atoms with Gasteiger partial charge in [-0.15, -0.1) is 0 Å². The van der Waals surface area contributed by atoms with E-state index >= 15 is 0 Å². The highest BCUT2D eigenvalue weighted by Gasteiger charge is 2.19. The molecule has 3 aromatic carbocycles. The van der Waals surface area contributed by atoms with Crippen LogP contribution in [0.5, 0.6) is 11.5 Å². The molecule has 9 heteroatoms. The Kier molecular flexibility index (Phi) is 8.05. The van der Waals surface area contributed by atoms with Crippen molar-refractivity contribution < 1.29 is 24.2 Å². The number of nitrogens with one attached hydrogen (secondary N) is 1. The molecule has 2 N–H and O–H groups in total. The number of amides is 1. The summed E-state index contributed by atoms with van der Waals surface area (Å²) in [5.41, 5.74) is 1.71. The molecule has 0 fully saturated rings. The fourth-order valence-corrected chi connectivity index (χ4v) is 3.65. The molecule has 0 atom stereocenters. The molecule has 0 aliphatic heterocycles. The van der Waals surface area contributed by atoms with Gasteiger partial charge >= 0.3 is 5.97 Å². The number of halogens is 2. The van der Waals surface area contributed by atoms with E-state index in [9.17, 15) is 9.59 Å². The van der Waals surface area contributed by atoms with Crippen LogP contribution >= 0.6 is 23.2 Å². The summed E-state index contributed by atoms with van der Waals surface area (Å²) in [6.07, 6.45) is 1.16. The molecular formula is C27H20Cl2N2O5. The minimum Gasteiger partial charge on any atom is -0.485 e. The van der Waals surface area contributed by atoms with Gasteiger partial charge in [0.2, 0.25) is 0 Å². The summed E-state index contributed by atoms with van der Waals surface area (Å²) in [6.45, 7) is 0.253. The number of benzene rings is 3. The molecule has 36 heavy (non-hydrogen) atoms. The Morgan fingerprint density at radius 1 is 0.806 bits per heavy atom. The number of rotatable bonds is 9. The van der Waals surface area contributed by atoms with E-state index in [4.69, 9.17) is 37.8 Å². The molecule has 1 aromatic heterocycles. The summed E-state index contributed by atoms with van der Waals surface area (Å²) >= 11 is 12.5. The number of aromatic carboxylic acids is 1. The Morgan fingerprint density at radius 2 is 1.44 bits per heavy atom. The highest BCUT2D eigenvalue weighted by molar-refractivity contribution is 6.31. The number of hydrogen-bond acceptors (Lipinski definition) is 5. The molecule has 0 saturated carbocycles.